The number of aliphatic imine (C=N–C) groups is 1. The Morgan fingerprint density at radius 3 is 2.63 bits per heavy atom. The molecule has 1 aliphatic heterocycles. The average molecular weight is 425 g/mol. The molecule has 0 unspecified atom stereocenters. The summed E-state index contributed by atoms with van der Waals surface area (Å²) in [5.41, 5.74) is 1.63. The van der Waals surface area contributed by atoms with Crippen LogP contribution in [0.25, 0.3) is 6.08 Å². The van der Waals surface area contributed by atoms with Crippen LogP contribution < -0.4 is 9.47 Å². The third-order valence-electron chi connectivity index (χ3n) is 4.23. The van der Waals surface area contributed by atoms with E-state index in [0.717, 1.165) is 11.3 Å². The molecule has 156 valence electrons. The van der Waals surface area contributed by atoms with Gasteiger partial charge in [0.25, 0.3) is 5.91 Å². The second-order valence-electron chi connectivity index (χ2n) is 6.30. The topological polar surface area (TPSA) is 60.4 Å². The standard InChI is InChI=1S/C23H24N2O4S/c1-4-13-29-19-11-10-17(15-20(19)28-3)16-21-22(26)25(12-14-27-2)23(30-21)24-18-8-6-5-7-9-18/h4-11,15-16H,1,12-14H2,2-3H3. The van der Waals surface area contributed by atoms with Crippen molar-refractivity contribution in [1.82, 2.24) is 4.90 Å². The van der Waals surface area contributed by atoms with Crippen LogP contribution in [0.2, 0.25) is 0 Å². The summed E-state index contributed by atoms with van der Waals surface area (Å²) in [5, 5.41) is 0.632. The van der Waals surface area contributed by atoms with E-state index in [0.29, 0.717) is 41.3 Å². The molecular weight excluding hydrogens is 400 g/mol. The Kier molecular flexibility index (Phi) is 7.70. The zero-order chi connectivity index (χ0) is 21.3. The number of carbonyl (C=O) groups is 1. The van der Waals surface area contributed by atoms with E-state index in [1.54, 1.807) is 25.2 Å². The number of amides is 1. The maximum absolute atomic E-state index is 13.0. The minimum absolute atomic E-state index is 0.0994. The summed E-state index contributed by atoms with van der Waals surface area (Å²) in [6, 6.07) is 15.1. The molecular formula is C23H24N2O4S. The van der Waals surface area contributed by atoms with E-state index in [-0.39, 0.29) is 5.91 Å². The average Bonchev–Trinajstić information content (AvgIpc) is 3.05. The van der Waals surface area contributed by atoms with Crippen LogP contribution in [0.15, 0.2) is 71.1 Å². The second kappa shape index (κ2) is 10.7. The van der Waals surface area contributed by atoms with Gasteiger partial charge in [-0.05, 0) is 47.7 Å². The third-order valence-corrected chi connectivity index (χ3v) is 5.24. The number of hydrogen-bond acceptors (Lipinski definition) is 6. The van der Waals surface area contributed by atoms with Gasteiger partial charge >= 0.3 is 0 Å². The molecule has 0 bridgehead atoms. The Balaban J connectivity index is 1.89. The molecule has 7 heteroatoms. The van der Waals surface area contributed by atoms with Gasteiger partial charge in [0.05, 0.1) is 30.9 Å². The molecule has 0 saturated carbocycles. The molecule has 1 heterocycles. The molecule has 2 aromatic rings. The van der Waals surface area contributed by atoms with Crippen molar-refractivity contribution in [3.05, 3.63) is 71.7 Å². The van der Waals surface area contributed by atoms with Gasteiger partial charge in [-0.15, -0.1) is 0 Å². The fourth-order valence-corrected chi connectivity index (χ4v) is 3.80. The highest BCUT2D eigenvalue weighted by molar-refractivity contribution is 8.18. The van der Waals surface area contributed by atoms with Crippen LogP contribution in [-0.4, -0.2) is 50.0 Å². The number of para-hydroxylation sites is 1. The van der Waals surface area contributed by atoms with Crippen molar-refractivity contribution in [2.75, 3.05) is 34.0 Å². The zero-order valence-corrected chi connectivity index (χ0v) is 17.9. The van der Waals surface area contributed by atoms with Gasteiger partial charge in [-0.3, -0.25) is 9.69 Å². The van der Waals surface area contributed by atoms with Gasteiger partial charge in [-0.25, -0.2) is 4.99 Å². The van der Waals surface area contributed by atoms with E-state index < -0.39 is 0 Å². The van der Waals surface area contributed by atoms with Crippen molar-refractivity contribution in [1.29, 1.82) is 0 Å². The first-order valence-corrected chi connectivity index (χ1v) is 10.2. The molecule has 0 atom stereocenters. The van der Waals surface area contributed by atoms with Crippen LogP contribution in [-0.2, 0) is 9.53 Å². The molecule has 0 aromatic heterocycles. The van der Waals surface area contributed by atoms with Gasteiger partial charge in [-0.2, -0.15) is 0 Å². The molecule has 2 aromatic carbocycles. The number of thioether (sulfide) groups is 1. The minimum atomic E-state index is -0.0994. The summed E-state index contributed by atoms with van der Waals surface area (Å²) in [4.78, 5) is 19.9. The summed E-state index contributed by atoms with van der Waals surface area (Å²) in [6.07, 6.45) is 3.51. The lowest BCUT2D eigenvalue weighted by molar-refractivity contribution is -0.122. The number of hydrogen-bond donors (Lipinski definition) is 0. The number of benzene rings is 2. The molecule has 1 aliphatic rings. The largest absolute Gasteiger partial charge is 0.493 e. The molecule has 0 N–H and O–H groups in total. The van der Waals surface area contributed by atoms with Gasteiger partial charge in [-0.1, -0.05) is 36.9 Å². The number of methoxy groups -OCH3 is 2. The number of rotatable bonds is 9. The quantitative estimate of drug-likeness (QED) is 0.438. The van der Waals surface area contributed by atoms with E-state index in [4.69, 9.17) is 14.2 Å². The van der Waals surface area contributed by atoms with Crippen LogP contribution >= 0.6 is 11.8 Å². The summed E-state index contributed by atoms with van der Waals surface area (Å²) in [5.74, 6) is 1.12. The van der Waals surface area contributed by atoms with Crippen molar-refractivity contribution in [3.8, 4) is 11.5 Å². The highest BCUT2D eigenvalue weighted by Crippen LogP contribution is 2.35. The van der Waals surface area contributed by atoms with Crippen LogP contribution in [0.5, 0.6) is 11.5 Å². The van der Waals surface area contributed by atoms with E-state index in [2.05, 4.69) is 11.6 Å². The zero-order valence-electron chi connectivity index (χ0n) is 17.0. The molecule has 6 nitrogen and oxygen atoms in total. The van der Waals surface area contributed by atoms with Crippen LogP contribution in [0.1, 0.15) is 5.56 Å². The van der Waals surface area contributed by atoms with Gasteiger partial charge < -0.3 is 14.2 Å². The van der Waals surface area contributed by atoms with E-state index in [1.807, 2.05) is 54.6 Å². The van der Waals surface area contributed by atoms with Crippen LogP contribution in [0.4, 0.5) is 5.69 Å². The lowest BCUT2D eigenvalue weighted by Gasteiger charge is -2.14. The summed E-state index contributed by atoms with van der Waals surface area (Å²) in [6.45, 7) is 4.90. The van der Waals surface area contributed by atoms with Gasteiger partial charge in [0.2, 0.25) is 0 Å². The minimum Gasteiger partial charge on any atom is -0.493 e. The predicted molar refractivity (Wildman–Crippen MR) is 121 cm³/mol. The van der Waals surface area contributed by atoms with Crippen LogP contribution in [0, 0.1) is 0 Å². The van der Waals surface area contributed by atoms with Gasteiger partial charge in [0.1, 0.15) is 6.61 Å². The number of ether oxygens (including phenoxy) is 3. The van der Waals surface area contributed by atoms with Crippen molar-refractivity contribution < 1.29 is 19.0 Å². The molecule has 3 rings (SSSR count). The van der Waals surface area contributed by atoms with Crippen molar-refractivity contribution in [2.24, 2.45) is 4.99 Å². The first-order valence-electron chi connectivity index (χ1n) is 9.42. The van der Waals surface area contributed by atoms with Gasteiger partial charge in [0, 0.05) is 7.11 Å². The van der Waals surface area contributed by atoms with E-state index in [9.17, 15) is 4.79 Å². The maximum Gasteiger partial charge on any atom is 0.266 e. The lowest BCUT2D eigenvalue weighted by atomic mass is 10.2. The molecule has 0 radical (unpaired) electrons. The number of amidine groups is 1. The highest BCUT2D eigenvalue weighted by atomic mass is 32.2. The Morgan fingerprint density at radius 2 is 1.93 bits per heavy atom. The van der Waals surface area contributed by atoms with Gasteiger partial charge in [0.15, 0.2) is 16.7 Å². The summed E-state index contributed by atoms with van der Waals surface area (Å²) >= 11 is 1.35. The second-order valence-corrected chi connectivity index (χ2v) is 7.31. The first kappa shape index (κ1) is 21.7. The predicted octanol–water partition coefficient (Wildman–Crippen LogP) is 4.51. The maximum atomic E-state index is 13.0. The summed E-state index contributed by atoms with van der Waals surface area (Å²) < 4.78 is 16.2. The monoisotopic (exact) mass is 424 g/mol. The van der Waals surface area contributed by atoms with Crippen molar-refractivity contribution in [2.45, 2.75) is 0 Å². The fourth-order valence-electron chi connectivity index (χ4n) is 2.78. The molecule has 0 spiro atoms. The Morgan fingerprint density at radius 1 is 1.13 bits per heavy atom. The van der Waals surface area contributed by atoms with E-state index in [1.165, 1.54) is 11.8 Å². The van der Waals surface area contributed by atoms with Crippen molar-refractivity contribution >= 4 is 34.6 Å². The molecule has 0 aliphatic carbocycles. The van der Waals surface area contributed by atoms with Crippen LogP contribution in [0.3, 0.4) is 0 Å². The highest BCUT2D eigenvalue weighted by Gasteiger charge is 2.33. The fraction of sp³-hybridized carbons (Fsp3) is 0.217. The van der Waals surface area contributed by atoms with E-state index >= 15 is 0 Å². The third kappa shape index (κ3) is 5.31. The number of carbonyl (C=O) groups excluding carboxylic acids is 1. The number of nitrogens with zero attached hydrogens (tertiary/aromatic N) is 2. The Bertz CT molecular complexity index is 957. The molecule has 1 fully saturated rings. The Labute approximate surface area is 180 Å². The molecule has 30 heavy (non-hydrogen) atoms. The first-order chi connectivity index (χ1) is 14.7. The Hall–Kier alpha value is -3.03. The summed E-state index contributed by atoms with van der Waals surface area (Å²) in [7, 11) is 3.19. The molecule has 1 amide bonds. The SMILES string of the molecule is C=CCOc1ccc(C=C2SC(=Nc3ccccc3)N(CCOC)C2=O)cc1OC. The van der Waals surface area contributed by atoms with Crippen molar-refractivity contribution in [3.63, 3.8) is 0 Å². The normalized spacial score (nSPS) is 16.3. The lowest BCUT2D eigenvalue weighted by Crippen LogP contribution is -2.32. The molecule has 1 saturated heterocycles. The smallest absolute Gasteiger partial charge is 0.266 e.